The molecule has 0 atom stereocenters. The number of ether oxygens (including phenoxy) is 1. The van der Waals surface area contributed by atoms with E-state index in [2.05, 4.69) is 15.0 Å². The summed E-state index contributed by atoms with van der Waals surface area (Å²) in [5, 5.41) is 12.8. The van der Waals surface area contributed by atoms with E-state index < -0.39 is 22.6 Å². The van der Waals surface area contributed by atoms with Crippen molar-refractivity contribution in [2.24, 2.45) is 7.05 Å². The van der Waals surface area contributed by atoms with Gasteiger partial charge in [0.2, 0.25) is 12.0 Å². The molecular formula is C8H10N4O5. The first-order valence-corrected chi connectivity index (χ1v) is 4.48. The summed E-state index contributed by atoms with van der Waals surface area (Å²) in [7, 11) is 2.61. The molecule has 1 aromatic rings. The number of amides is 1. The molecule has 9 nitrogen and oxygen atoms in total. The highest BCUT2D eigenvalue weighted by atomic mass is 16.6. The molecule has 17 heavy (non-hydrogen) atoms. The molecule has 0 radical (unpaired) electrons. The van der Waals surface area contributed by atoms with Crippen molar-refractivity contribution in [2.45, 2.75) is 0 Å². The highest BCUT2D eigenvalue weighted by molar-refractivity contribution is 5.97. The number of carbonyl (C=O) groups is 2. The minimum Gasteiger partial charge on any atom is -0.468 e. The zero-order valence-corrected chi connectivity index (χ0v) is 9.17. The molecule has 1 aromatic heterocycles. The van der Waals surface area contributed by atoms with Gasteiger partial charge < -0.3 is 24.7 Å². The molecule has 92 valence electrons. The topological polar surface area (TPSA) is 116 Å². The lowest BCUT2D eigenvalue weighted by Gasteiger charge is -2.03. The molecule has 0 unspecified atom stereocenters. The van der Waals surface area contributed by atoms with Crippen LogP contribution in [0.1, 0.15) is 10.5 Å². The van der Waals surface area contributed by atoms with Crippen LogP contribution >= 0.6 is 0 Å². The van der Waals surface area contributed by atoms with Crippen LogP contribution in [0, 0.1) is 10.1 Å². The Hall–Kier alpha value is -2.45. The lowest BCUT2D eigenvalue weighted by Crippen LogP contribution is -2.31. The third-order valence-electron chi connectivity index (χ3n) is 1.93. The second-order valence-corrected chi connectivity index (χ2v) is 3.04. The first-order chi connectivity index (χ1) is 7.97. The van der Waals surface area contributed by atoms with Gasteiger partial charge in [0.05, 0.1) is 7.11 Å². The van der Waals surface area contributed by atoms with E-state index in [4.69, 9.17) is 0 Å². The van der Waals surface area contributed by atoms with Crippen molar-refractivity contribution < 1.29 is 19.2 Å². The fourth-order valence-electron chi connectivity index (χ4n) is 1.12. The quantitative estimate of drug-likeness (QED) is 0.421. The van der Waals surface area contributed by atoms with Crippen molar-refractivity contribution >= 4 is 17.7 Å². The average Bonchev–Trinajstić information content (AvgIpc) is 2.67. The van der Waals surface area contributed by atoms with Gasteiger partial charge in [0.15, 0.2) is 0 Å². The molecule has 1 N–H and O–H groups in total. The largest absolute Gasteiger partial charge is 0.468 e. The fourth-order valence-corrected chi connectivity index (χ4v) is 1.12. The van der Waals surface area contributed by atoms with Crippen LogP contribution in [0.15, 0.2) is 6.33 Å². The number of aryl methyl sites for hydroxylation is 1. The number of imidazole rings is 1. The maximum atomic E-state index is 11.6. The smallest absolute Gasteiger partial charge is 0.394 e. The molecule has 0 aliphatic rings. The van der Waals surface area contributed by atoms with Crippen molar-refractivity contribution in [1.29, 1.82) is 0 Å². The van der Waals surface area contributed by atoms with E-state index in [-0.39, 0.29) is 12.2 Å². The van der Waals surface area contributed by atoms with Crippen LogP contribution in [0.4, 0.5) is 5.82 Å². The minimum absolute atomic E-state index is 0.223. The van der Waals surface area contributed by atoms with E-state index in [1.165, 1.54) is 18.7 Å². The summed E-state index contributed by atoms with van der Waals surface area (Å²) in [6.07, 6.45) is 1.14. The molecule has 0 aromatic carbocycles. The molecule has 0 bridgehead atoms. The van der Waals surface area contributed by atoms with Gasteiger partial charge in [-0.3, -0.25) is 9.59 Å². The summed E-state index contributed by atoms with van der Waals surface area (Å²) in [6, 6.07) is 0. The number of hydrogen-bond donors (Lipinski definition) is 1. The van der Waals surface area contributed by atoms with Crippen molar-refractivity contribution in [2.75, 3.05) is 13.7 Å². The van der Waals surface area contributed by atoms with Gasteiger partial charge in [0.25, 0.3) is 5.91 Å². The Morgan fingerprint density at radius 1 is 1.65 bits per heavy atom. The second kappa shape index (κ2) is 5.05. The summed E-state index contributed by atoms with van der Waals surface area (Å²) >= 11 is 0. The summed E-state index contributed by atoms with van der Waals surface area (Å²) < 4.78 is 5.52. The minimum atomic E-state index is -0.771. The summed E-state index contributed by atoms with van der Waals surface area (Å²) in [6.45, 7) is -0.363. The van der Waals surface area contributed by atoms with E-state index >= 15 is 0 Å². The maximum absolute atomic E-state index is 11.6. The molecule has 9 heteroatoms. The number of nitro groups is 1. The number of nitrogens with one attached hydrogen (secondary N) is 1. The molecule has 1 amide bonds. The number of hydrogen-bond acceptors (Lipinski definition) is 6. The van der Waals surface area contributed by atoms with Crippen LogP contribution in [0.3, 0.4) is 0 Å². The lowest BCUT2D eigenvalue weighted by atomic mass is 10.4. The zero-order chi connectivity index (χ0) is 13.0. The highest BCUT2D eigenvalue weighted by Crippen LogP contribution is 2.14. The standard InChI is InChI=1S/C8H10N4O5/c1-11-4-10-7(12(15)16)6(11)8(14)9-3-5(13)17-2/h4H,3H2,1-2H3,(H,9,14). The highest BCUT2D eigenvalue weighted by Gasteiger charge is 2.26. The van der Waals surface area contributed by atoms with Gasteiger partial charge in [-0.05, 0) is 9.91 Å². The molecule has 1 rings (SSSR count). The SMILES string of the molecule is COC(=O)CNC(=O)c1c([N+](=O)[O-])ncn1C. The van der Waals surface area contributed by atoms with E-state index in [0.717, 1.165) is 6.33 Å². The number of methoxy groups -OCH3 is 1. The monoisotopic (exact) mass is 242 g/mol. The first-order valence-electron chi connectivity index (χ1n) is 4.48. The van der Waals surface area contributed by atoms with Crippen LogP contribution in [0.25, 0.3) is 0 Å². The van der Waals surface area contributed by atoms with Crippen LogP contribution in [0.5, 0.6) is 0 Å². The Balaban J connectivity index is 2.85. The molecular weight excluding hydrogens is 232 g/mol. The van der Waals surface area contributed by atoms with Crippen LogP contribution < -0.4 is 5.32 Å². The Morgan fingerprint density at radius 2 is 2.29 bits per heavy atom. The van der Waals surface area contributed by atoms with E-state index in [1.54, 1.807) is 0 Å². The molecule has 0 fully saturated rings. The Bertz CT molecular complexity index is 466. The van der Waals surface area contributed by atoms with Gasteiger partial charge in [-0.15, -0.1) is 0 Å². The predicted octanol–water partition coefficient (Wildman–Crippen LogP) is -0.769. The maximum Gasteiger partial charge on any atom is 0.394 e. The van der Waals surface area contributed by atoms with Crippen molar-refractivity contribution in [3.8, 4) is 0 Å². The number of esters is 1. The third-order valence-corrected chi connectivity index (χ3v) is 1.93. The number of rotatable bonds is 4. The summed E-state index contributed by atoms with van der Waals surface area (Å²) in [5.41, 5.74) is -0.223. The predicted molar refractivity (Wildman–Crippen MR) is 54.2 cm³/mol. The number of aromatic nitrogens is 2. The van der Waals surface area contributed by atoms with E-state index in [0.29, 0.717) is 0 Å². The van der Waals surface area contributed by atoms with Crippen LogP contribution in [-0.4, -0.2) is 40.0 Å². The summed E-state index contributed by atoms with van der Waals surface area (Å²) in [4.78, 5) is 35.7. The molecule has 0 spiro atoms. The van der Waals surface area contributed by atoms with Crippen LogP contribution in [-0.2, 0) is 16.6 Å². The van der Waals surface area contributed by atoms with Crippen molar-refractivity contribution in [3.05, 3.63) is 22.1 Å². The zero-order valence-electron chi connectivity index (χ0n) is 9.17. The van der Waals surface area contributed by atoms with Gasteiger partial charge in [-0.1, -0.05) is 0 Å². The number of carbonyl (C=O) groups excluding carboxylic acids is 2. The average molecular weight is 242 g/mol. The Kier molecular flexibility index (Phi) is 3.75. The third kappa shape index (κ3) is 2.77. The van der Waals surface area contributed by atoms with E-state index in [1.807, 2.05) is 0 Å². The molecule has 1 heterocycles. The van der Waals surface area contributed by atoms with Gasteiger partial charge in [0, 0.05) is 7.05 Å². The Labute approximate surface area is 95.5 Å². The molecule has 0 saturated carbocycles. The molecule has 0 aliphatic heterocycles. The normalized spacial score (nSPS) is 9.76. The molecule has 0 aliphatic carbocycles. The molecule has 0 saturated heterocycles. The lowest BCUT2D eigenvalue weighted by molar-refractivity contribution is -0.389. The number of nitrogens with zero attached hydrogens (tertiary/aromatic N) is 3. The summed E-state index contributed by atoms with van der Waals surface area (Å²) in [5.74, 6) is -1.97. The van der Waals surface area contributed by atoms with Gasteiger partial charge in [0.1, 0.15) is 6.54 Å². The second-order valence-electron chi connectivity index (χ2n) is 3.04. The Morgan fingerprint density at radius 3 is 2.82 bits per heavy atom. The fraction of sp³-hybridized carbons (Fsp3) is 0.375. The van der Waals surface area contributed by atoms with Gasteiger partial charge in [-0.2, -0.15) is 0 Å². The van der Waals surface area contributed by atoms with Crippen LogP contribution in [0.2, 0.25) is 0 Å². The van der Waals surface area contributed by atoms with Gasteiger partial charge in [-0.25, -0.2) is 0 Å². The first kappa shape index (κ1) is 12.6. The van der Waals surface area contributed by atoms with Crippen molar-refractivity contribution in [3.63, 3.8) is 0 Å². The van der Waals surface area contributed by atoms with Gasteiger partial charge >= 0.3 is 11.8 Å². The van der Waals surface area contributed by atoms with E-state index in [9.17, 15) is 19.7 Å². The van der Waals surface area contributed by atoms with Crippen molar-refractivity contribution in [1.82, 2.24) is 14.9 Å².